The van der Waals surface area contributed by atoms with Crippen LogP contribution in [0.3, 0.4) is 0 Å². The number of aromatic nitrogens is 1. The second-order valence-corrected chi connectivity index (χ2v) is 7.02. The summed E-state index contributed by atoms with van der Waals surface area (Å²) in [5, 5.41) is 5.91. The van der Waals surface area contributed by atoms with Crippen molar-refractivity contribution in [3.05, 3.63) is 72.3 Å². The van der Waals surface area contributed by atoms with Crippen LogP contribution in [0.1, 0.15) is 18.5 Å². The molecule has 0 aliphatic rings. The Balaban J connectivity index is 1.42. The minimum Gasteiger partial charge on any atom is -0.431 e. The minimum absolute atomic E-state index is 0.0438. The van der Waals surface area contributed by atoms with Crippen molar-refractivity contribution >= 4 is 39.5 Å². The van der Waals surface area contributed by atoms with Crippen molar-refractivity contribution in [2.24, 2.45) is 0 Å². The van der Waals surface area contributed by atoms with Crippen molar-refractivity contribution in [3.63, 3.8) is 0 Å². The summed E-state index contributed by atoms with van der Waals surface area (Å²) >= 11 is 1.31. The SMILES string of the molecule is CC(NC(=O)CSc1nc2ccccc2o1)c1cccc2ccccc12. The van der Waals surface area contributed by atoms with Crippen LogP contribution in [-0.2, 0) is 4.79 Å². The van der Waals surface area contributed by atoms with Crippen LogP contribution in [0.2, 0.25) is 0 Å². The summed E-state index contributed by atoms with van der Waals surface area (Å²) < 4.78 is 5.64. The van der Waals surface area contributed by atoms with Gasteiger partial charge in [0.15, 0.2) is 5.58 Å². The average molecular weight is 362 g/mol. The third-order valence-corrected chi connectivity index (χ3v) is 5.10. The maximum absolute atomic E-state index is 12.3. The number of amides is 1. The Morgan fingerprint density at radius 1 is 1.08 bits per heavy atom. The molecule has 0 radical (unpaired) electrons. The van der Waals surface area contributed by atoms with E-state index in [0.29, 0.717) is 5.22 Å². The van der Waals surface area contributed by atoms with Gasteiger partial charge in [0.05, 0.1) is 11.8 Å². The quantitative estimate of drug-likeness (QED) is 0.510. The maximum atomic E-state index is 12.3. The molecule has 0 fully saturated rings. The van der Waals surface area contributed by atoms with E-state index in [-0.39, 0.29) is 17.7 Å². The number of thioether (sulfide) groups is 1. The predicted molar refractivity (Wildman–Crippen MR) is 105 cm³/mol. The number of nitrogens with zero attached hydrogens (tertiary/aromatic N) is 1. The summed E-state index contributed by atoms with van der Waals surface area (Å²) in [7, 11) is 0. The van der Waals surface area contributed by atoms with Crippen LogP contribution in [0, 0.1) is 0 Å². The first-order valence-electron chi connectivity index (χ1n) is 8.46. The molecule has 4 aromatic rings. The minimum atomic E-state index is -0.0715. The van der Waals surface area contributed by atoms with Crippen molar-refractivity contribution in [2.75, 3.05) is 5.75 Å². The Morgan fingerprint density at radius 3 is 2.73 bits per heavy atom. The number of rotatable bonds is 5. The van der Waals surface area contributed by atoms with Gasteiger partial charge in [-0.15, -0.1) is 0 Å². The summed E-state index contributed by atoms with van der Waals surface area (Å²) in [5.74, 6) is 0.222. The lowest BCUT2D eigenvalue weighted by Crippen LogP contribution is -2.28. The highest BCUT2D eigenvalue weighted by molar-refractivity contribution is 7.99. The molecule has 0 saturated carbocycles. The van der Waals surface area contributed by atoms with Crippen molar-refractivity contribution in [1.29, 1.82) is 0 Å². The Hall–Kier alpha value is -2.79. The lowest BCUT2D eigenvalue weighted by molar-refractivity contribution is -0.119. The van der Waals surface area contributed by atoms with E-state index in [2.05, 4.69) is 34.6 Å². The molecule has 1 heterocycles. The summed E-state index contributed by atoms with van der Waals surface area (Å²) in [6.45, 7) is 2.00. The number of nitrogens with one attached hydrogen (secondary N) is 1. The second-order valence-electron chi connectivity index (χ2n) is 6.09. The fraction of sp³-hybridized carbons (Fsp3) is 0.143. The molecule has 4 nitrogen and oxygen atoms in total. The van der Waals surface area contributed by atoms with E-state index >= 15 is 0 Å². The number of oxazole rings is 1. The van der Waals surface area contributed by atoms with Crippen LogP contribution in [-0.4, -0.2) is 16.6 Å². The average Bonchev–Trinajstić information content (AvgIpc) is 3.09. The first-order valence-corrected chi connectivity index (χ1v) is 9.44. The smallest absolute Gasteiger partial charge is 0.257 e. The summed E-state index contributed by atoms with van der Waals surface area (Å²) in [5.41, 5.74) is 2.65. The molecule has 0 bridgehead atoms. The molecule has 130 valence electrons. The van der Waals surface area contributed by atoms with Crippen LogP contribution in [0.15, 0.2) is 76.4 Å². The first kappa shape index (κ1) is 16.7. The standard InChI is InChI=1S/C21H18N2O2S/c1-14(16-10-6-8-15-7-2-3-9-17(15)16)22-20(24)13-26-21-23-18-11-4-5-12-19(18)25-21/h2-12,14H,13H2,1H3,(H,22,24). The highest BCUT2D eigenvalue weighted by Crippen LogP contribution is 2.25. The van der Waals surface area contributed by atoms with Crippen molar-refractivity contribution < 1.29 is 9.21 Å². The zero-order valence-electron chi connectivity index (χ0n) is 14.3. The number of carbonyl (C=O) groups is 1. The van der Waals surface area contributed by atoms with Crippen molar-refractivity contribution in [1.82, 2.24) is 10.3 Å². The molecule has 1 unspecified atom stereocenters. The van der Waals surface area contributed by atoms with Gasteiger partial charge >= 0.3 is 0 Å². The predicted octanol–water partition coefficient (Wildman–Crippen LogP) is 4.95. The van der Waals surface area contributed by atoms with E-state index in [1.54, 1.807) is 0 Å². The molecule has 1 amide bonds. The molecular formula is C21H18N2O2S. The van der Waals surface area contributed by atoms with E-state index in [1.165, 1.54) is 17.1 Å². The van der Waals surface area contributed by atoms with Gasteiger partial charge < -0.3 is 9.73 Å². The summed E-state index contributed by atoms with van der Waals surface area (Å²) in [6.07, 6.45) is 0. The zero-order valence-corrected chi connectivity index (χ0v) is 15.1. The molecule has 1 aromatic heterocycles. The van der Waals surface area contributed by atoms with Crippen LogP contribution >= 0.6 is 11.8 Å². The Labute approximate surface area is 155 Å². The molecule has 0 aliphatic carbocycles. The molecular weight excluding hydrogens is 344 g/mol. The summed E-state index contributed by atoms with van der Waals surface area (Å²) in [6, 6.07) is 21.9. The molecule has 0 aliphatic heterocycles. The normalized spacial score (nSPS) is 12.3. The van der Waals surface area contributed by atoms with E-state index in [4.69, 9.17) is 4.42 Å². The molecule has 0 spiro atoms. The van der Waals surface area contributed by atoms with Gasteiger partial charge in [-0.3, -0.25) is 4.79 Å². The van der Waals surface area contributed by atoms with Crippen molar-refractivity contribution in [2.45, 2.75) is 18.2 Å². The first-order chi connectivity index (χ1) is 12.7. The van der Waals surface area contributed by atoms with Gasteiger partial charge in [-0.1, -0.05) is 66.4 Å². The number of fused-ring (bicyclic) bond motifs is 2. The third kappa shape index (κ3) is 3.44. The monoisotopic (exact) mass is 362 g/mol. The van der Waals surface area contributed by atoms with Gasteiger partial charge in [0, 0.05) is 0 Å². The van der Waals surface area contributed by atoms with Crippen molar-refractivity contribution in [3.8, 4) is 0 Å². The van der Waals surface area contributed by atoms with E-state index in [1.807, 2.05) is 49.4 Å². The fourth-order valence-corrected chi connectivity index (χ4v) is 3.68. The number of hydrogen-bond acceptors (Lipinski definition) is 4. The van der Waals surface area contributed by atoms with Crippen LogP contribution in [0.25, 0.3) is 21.9 Å². The Kier molecular flexibility index (Phi) is 4.63. The molecule has 3 aromatic carbocycles. The zero-order chi connectivity index (χ0) is 17.9. The molecule has 26 heavy (non-hydrogen) atoms. The third-order valence-electron chi connectivity index (χ3n) is 4.27. The van der Waals surface area contributed by atoms with Crippen LogP contribution < -0.4 is 5.32 Å². The second kappa shape index (κ2) is 7.22. The van der Waals surface area contributed by atoms with Gasteiger partial charge in [0.1, 0.15) is 5.52 Å². The van der Waals surface area contributed by atoms with E-state index in [0.717, 1.165) is 22.0 Å². The Bertz CT molecular complexity index is 1040. The van der Waals surface area contributed by atoms with Gasteiger partial charge in [0.2, 0.25) is 5.91 Å². The Morgan fingerprint density at radius 2 is 1.85 bits per heavy atom. The molecule has 1 atom stereocenters. The van der Waals surface area contributed by atoms with Gasteiger partial charge in [-0.05, 0) is 35.4 Å². The maximum Gasteiger partial charge on any atom is 0.257 e. The highest BCUT2D eigenvalue weighted by Gasteiger charge is 2.14. The lowest BCUT2D eigenvalue weighted by Gasteiger charge is -2.16. The van der Waals surface area contributed by atoms with Gasteiger partial charge in [-0.25, -0.2) is 4.98 Å². The van der Waals surface area contributed by atoms with Gasteiger partial charge in [-0.2, -0.15) is 0 Å². The number of carbonyl (C=O) groups excluding carboxylic acids is 1. The topological polar surface area (TPSA) is 55.1 Å². The summed E-state index contributed by atoms with van der Waals surface area (Å²) in [4.78, 5) is 16.7. The number of hydrogen-bond donors (Lipinski definition) is 1. The molecule has 5 heteroatoms. The van der Waals surface area contributed by atoms with E-state index in [9.17, 15) is 4.79 Å². The van der Waals surface area contributed by atoms with E-state index < -0.39 is 0 Å². The fourth-order valence-electron chi connectivity index (χ4n) is 3.03. The number of benzene rings is 3. The van der Waals surface area contributed by atoms with Crippen LogP contribution in [0.5, 0.6) is 0 Å². The molecule has 0 saturated heterocycles. The molecule has 1 N–H and O–H groups in total. The largest absolute Gasteiger partial charge is 0.431 e. The van der Waals surface area contributed by atoms with Gasteiger partial charge in [0.25, 0.3) is 5.22 Å². The number of para-hydroxylation sites is 2. The molecule has 4 rings (SSSR count). The lowest BCUT2D eigenvalue weighted by atomic mass is 10.00. The van der Waals surface area contributed by atoms with Crippen LogP contribution in [0.4, 0.5) is 0 Å². The highest BCUT2D eigenvalue weighted by atomic mass is 32.2.